The molecular formula is C22H24ClN3O3. The van der Waals surface area contributed by atoms with Crippen LogP contribution in [-0.2, 0) is 4.79 Å². The average Bonchev–Trinajstić information content (AvgIpc) is 2.98. The van der Waals surface area contributed by atoms with Gasteiger partial charge in [-0.2, -0.15) is 0 Å². The van der Waals surface area contributed by atoms with Crippen molar-refractivity contribution in [3.8, 4) is 5.75 Å². The highest BCUT2D eigenvalue weighted by atomic mass is 35.5. The van der Waals surface area contributed by atoms with Crippen molar-refractivity contribution < 1.29 is 14.3 Å². The number of amides is 2. The van der Waals surface area contributed by atoms with E-state index in [1.165, 1.54) is 0 Å². The van der Waals surface area contributed by atoms with Crippen LogP contribution in [-0.4, -0.2) is 46.4 Å². The van der Waals surface area contributed by atoms with Crippen molar-refractivity contribution in [3.05, 3.63) is 58.9 Å². The van der Waals surface area contributed by atoms with E-state index in [2.05, 4.69) is 10.3 Å². The lowest BCUT2D eigenvalue weighted by atomic mass is 9.97. The van der Waals surface area contributed by atoms with Crippen LogP contribution < -0.4 is 10.1 Å². The molecule has 2 saturated heterocycles. The summed E-state index contributed by atoms with van der Waals surface area (Å²) in [5.41, 5.74) is 1.52. The van der Waals surface area contributed by atoms with Gasteiger partial charge in [0.05, 0.1) is 0 Å². The Balaban J connectivity index is 1.34. The van der Waals surface area contributed by atoms with Crippen molar-refractivity contribution in [1.29, 1.82) is 0 Å². The van der Waals surface area contributed by atoms with Crippen LogP contribution in [0.2, 0.25) is 5.02 Å². The van der Waals surface area contributed by atoms with Crippen LogP contribution in [0.4, 0.5) is 0 Å². The first-order chi connectivity index (χ1) is 14.0. The first-order valence-electron chi connectivity index (χ1n) is 9.92. The summed E-state index contributed by atoms with van der Waals surface area (Å²) in [5, 5.41) is 3.77. The molecule has 3 heterocycles. The summed E-state index contributed by atoms with van der Waals surface area (Å²) < 4.78 is 5.75. The topological polar surface area (TPSA) is 71.5 Å². The van der Waals surface area contributed by atoms with E-state index in [1.54, 1.807) is 36.7 Å². The van der Waals surface area contributed by atoms with E-state index in [-0.39, 0.29) is 36.5 Å². The van der Waals surface area contributed by atoms with Crippen molar-refractivity contribution in [3.63, 3.8) is 0 Å². The fourth-order valence-corrected chi connectivity index (χ4v) is 4.69. The average molecular weight is 414 g/mol. The summed E-state index contributed by atoms with van der Waals surface area (Å²) >= 11 is 5.97. The van der Waals surface area contributed by atoms with Crippen molar-refractivity contribution in [2.45, 2.75) is 50.7 Å². The molecule has 29 heavy (non-hydrogen) atoms. The number of piperidine rings is 1. The highest BCUT2D eigenvalue weighted by Gasteiger charge is 2.43. The molecule has 1 unspecified atom stereocenters. The van der Waals surface area contributed by atoms with E-state index in [4.69, 9.17) is 16.3 Å². The van der Waals surface area contributed by atoms with E-state index in [9.17, 15) is 9.59 Å². The quantitative estimate of drug-likeness (QED) is 0.815. The van der Waals surface area contributed by atoms with Gasteiger partial charge in [-0.3, -0.25) is 14.6 Å². The fraction of sp³-hybridized carbons (Fsp3) is 0.409. The first-order valence-corrected chi connectivity index (χ1v) is 10.3. The molecule has 7 heteroatoms. The molecule has 3 atom stereocenters. The van der Waals surface area contributed by atoms with Crippen LogP contribution in [0.1, 0.15) is 41.6 Å². The number of benzene rings is 1. The number of nitrogens with one attached hydrogen (secondary N) is 1. The summed E-state index contributed by atoms with van der Waals surface area (Å²) in [7, 11) is 0. The lowest BCUT2D eigenvalue weighted by Crippen LogP contribution is -2.53. The Hall–Kier alpha value is -2.60. The Morgan fingerprint density at radius 1 is 1.17 bits per heavy atom. The van der Waals surface area contributed by atoms with Gasteiger partial charge in [-0.25, -0.2) is 0 Å². The zero-order chi connectivity index (χ0) is 20.4. The van der Waals surface area contributed by atoms with E-state index >= 15 is 0 Å². The van der Waals surface area contributed by atoms with Gasteiger partial charge in [-0.1, -0.05) is 11.6 Å². The van der Waals surface area contributed by atoms with Crippen molar-refractivity contribution >= 4 is 23.4 Å². The number of carbonyl (C=O) groups is 2. The van der Waals surface area contributed by atoms with Gasteiger partial charge in [0.1, 0.15) is 5.75 Å². The van der Waals surface area contributed by atoms with Crippen LogP contribution in [0, 0.1) is 6.92 Å². The second kappa shape index (κ2) is 8.41. The van der Waals surface area contributed by atoms with Gasteiger partial charge in [0, 0.05) is 41.1 Å². The van der Waals surface area contributed by atoms with Crippen LogP contribution >= 0.6 is 11.6 Å². The molecule has 6 nitrogen and oxygen atoms in total. The minimum Gasteiger partial charge on any atom is -0.483 e. The van der Waals surface area contributed by atoms with Gasteiger partial charge < -0.3 is 15.0 Å². The molecule has 2 fully saturated rings. The third-order valence-electron chi connectivity index (χ3n) is 5.79. The van der Waals surface area contributed by atoms with E-state index in [0.29, 0.717) is 16.3 Å². The first kappa shape index (κ1) is 19.7. The number of carbonyl (C=O) groups excluding carboxylic acids is 2. The Bertz CT molecular complexity index is 891. The molecule has 2 aromatic rings. The number of hydrogen-bond donors (Lipinski definition) is 1. The van der Waals surface area contributed by atoms with Crippen molar-refractivity contribution in [2.24, 2.45) is 0 Å². The normalized spacial score (nSPS) is 23.0. The van der Waals surface area contributed by atoms with Gasteiger partial charge >= 0.3 is 0 Å². The highest BCUT2D eigenvalue weighted by molar-refractivity contribution is 6.30. The molecule has 2 bridgehead atoms. The SMILES string of the molecule is Cc1cc(Cl)ccc1OCC(=O)N1[C@@H]2CC[C@H]1CC(NC(=O)c1ccncc1)C2. The lowest BCUT2D eigenvalue weighted by Gasteiger charge is -2.39. The molecular weight excluding hydrogens is 390 g/mol. The smallest absolute Gasteiger partial charge is 0.261 e. The summed E-state index contributed by atoms with van der Waals surface area (Å²) in [6.45, 7) is 1.93. The minimum absolute atomic E-state index is 0.00533. The number of pyridine rings is 1. The van der Waals surface area contributed by atoms with Crippen LogP contribution in [0.25, 0.3) is 0 Å². The van der Waals surface area contributed by atoms with Gasteiger partial charge in [0.2, 0.25) is 0 Å². The van der Waals surface area contributed by atoms with Gasteiger partial charge in [0.15, 0.2) is 6.61 Å². The number of hydrogen-bond acceptors (Lipinski definition) is 4. The molecule has 1 aromatic heterocycles. The predicted molar refractivity (Wildman–Crippen MR) is 110 cm³/mol. The third-order valence-corrected chi connectivity index (χ3v) is 6.02. The number of rotatable bonds is 5. The van der Waals surface area contributed by atoms with Crippen LogP contribution in [0.15, 0.2) is 42.7 Å². The minimum atomic E-state index is -0.0851. The van der Waals surface area contributed by atoms with Gasteiger partial charge in [-0.15, -0.1) is 0 Å². The Labute approximate surface area is 175 Å². The zero-order valence-electron chi connectivity index (χ0n) is 16.3. The molecule has 1 aromatic carbocycles. The molecule has 0 radical (unpaired) electrons. The lowest BCUT2D eigenvalue weighted by molar-refractivity contribution is -0.138. The maximum atomic E-state index is 12.8. The van der Waals surface area contributed by atoms with Gasteiger partial charge in [-0.05, 0) is 68.5 Å². The van der Waals surface area contributed by atoms with Crippen LogP contribution in [0.5, 0.6) is 5.75 Å². The largest absolute Gasteiger partial charge is 0.483 e. The fourth-order valence-electron chi connectivity index (χ4n) is 4.46. The summed E-state index contributed by atoms with van der Waals surface area (Å²) in [4.78, 5) is 31.2. The number of ether oxygens (including phenoxy) is 1. The maximum Gasteiger partial charge on any atom is 0.261 e. The molecule has 4 rings (SSSR count). The van der Waals surface area contributed by atoms with Crippen molar-refractivity contribution in [2.75, 3.05) is 6.61 Å². The van der Waals surface area contributed by atoms with E-state index in [0.717, 1.165) is 31.2 Å². The van der Waals surface area contributed by atoms with E-state index < -0.39 is 0 Å². The summed E-state index contributed by atoms with van der Waals surface area (Å²) in [6.07, 6.45) is 6.72. The Morgan fingerprint density at radius 3 is 2.52 bits per heavy atom. The second-order valence-corrected chi connectivity index (χ2v) is 8.20. The Morgan fingerprint density at radius 2 is 1.86 bits per heavy atom. The second-order valence-electron chi connectivity index (χ2n) is 7.76. The van der Waals surface area contributed by atoms with Crippen LogP contribution in [0.3, 0.4) is 0 Å². The molecule has 0 aliphatic carbocycles. The number of halogens is 1. The zero-order valence-corrected chi connectivity index (χ0v) is 17.1. The van der Waals surface area contributed by atoms with E-state index in [1.807, 2.05) is 17.9 Å². The standard InChI is InChI=1S/C22H24ClN3O3/c1-14-10-16(23)2-5-20(14)29-13-21(27)26-18-3-4-19(26)12-17(11-18)25-22(28)15-6-8-24-9-7-15/h2,5-10,17-19H,3-4,11-13H2,1H3,(H,25,28)/t17?,18-,19+. The predicted octanol–water partition coefficient (Wildman–Crippen LogP) is 3.37. The number of nitrogens with zero attached hydrogens (tertiary/aromatic N) is 2. The molecule has 0 saturated carbocycles. The summed E-state index contributed by atoms with van der Waals surface area (Å²) in [5.74, 6) is 0.596. The Kier molecular flexibility index (Phi) is 5.72. The molecule has 152 valence electrons. The molecule has 2 amide bonds. The molecule has 2 aliphatic rings. The summed E-state index contributed by atoms with van der Waals surface area (Å²) in [6, 6.07) is 9.17. The number of aryl methyl sites for hydroxylation is 1. The maximum absolute atomic E-state index is 12.8. The molecule has 1 N–H and O–H groups in total. The highest BCUT2D eigenvalue weighted by Crippen LogP contribution is 2.36. The molecule has 0 spiro atoms. The monoisotopic (exact) mass is 413 g/mol. The number of aromatic nitrogens is 1. The molecule has 2 aliphatic heterocycles. The third kappa shape index (κ3) is 4.37. The van der Waals surface area contributed by atoms with Gasteiger partial charge in [0.25, 0.3) is 11.8 Å². The number of fused-ring (bicyclic) bond motifs is 2. The van der Waals surface area contributed by atoms with Crippen molar-refractivity contribution in [1.82, 2.24) is 15.2 Å².